The van der Waals surface area contributed by atoms with Gasteiger partial charge in [0.1, 0.15) is 10.0 Å². The maximum absolute atomic E-state index is 5.89. The molecule has 1 aromatic heterocycles. The van der Waals surface area contributed by atoms with Gasteiger partial charge in [-0.05, 0) is 37.1 Å². The van der Waals surface area contributed by atoms with Crippen LogP contribution >= 0.6 is 22.9 Å². The molecule has 1 unspecified atom stereocenters. The SMILES string of the molecule is CCCNC(CC)c1nnc(Cc2ccc(Cl)cc2)s1. The van der Waals surface area contributed by atoms with Gasteiger partial charge in [-0.15, -0.1) is 10.2 Å². The quantitative estimate of drug-likeness (QED) is 0.831. The molecule has 2 rings (SSSR count). The second kappa shape index (κ2) is 7.72. The van der Waals surface area contributed by atoms with Gasteiger partial charge in [0, 0.05) is 11.4 Å². The van der Waals surface area contributed by atoms with E-state index < -0.39 is 0 Å². The largest absolute Gasteiger partial charge is 0.308 e. The lowest BCUT2D eigenvalue weighted by atomic mass is 10.2. The Morgan fingerprint density at radius 3 is 2.60 bits per heavy atom. The highest BCUT2D eigenvalue weighted by atomic mass is 35.5. The number of benzene rings is 1. The van der Waals surface area contributed by atoms with Crippen LogP contribution in [0.3, 0.4) is 0 Å². The van der Waals surface area contributed by atoms with Crippen LogP contribution in [-0.2, 0) is 6.42 Å². The molecule has 0 saturated heterocycles. The van der Waals surface area contributed by atoms with Gasteiger partial charge in [0.05, 0.1) is 6.04 Å². The molecule has 0 saturated carbocycles. The van der Waals surface area contributed by atoms with Crippen LogP contribution in [0.25, 0.3) is 0 Å². The number of hydrogen-bond acceptors (Lipinski definition) is 4. The molecule has 0 amide bonds. The van der Waals surface area contributed by atoms with Crippen molar-refractivity contribution >= 4 is 22.9 Å². The first kappa shape index (κ1) is 15.4. The summed E-state index contributed by atoms with van der Waals surface area (Å²) in [4.78, 5) is 0. The summed E-state index contributed by atoms with van der Waals surface area (Å²) in [5.74, 6) is 0. The first-order valence-corrected chi connectivity index (χ1v) is 8.22. The van der Waals surface area contributed by atoms with E-state index in [0.717, 1.165) is 40.8 Å². The average molecular weight is 310 g/mol. The Bertz CT molecular complexity index is 524. The van der Waals surface area contributed by atoms with E-state index in [1.807, 2.05) is 24.3 Å². The second-order valence-corrected chi connectivity index (χ2v) is 6.28. The number of rotatable bonds is 7. The van der Waals surface area contributed by atoms with Gasteiger partial charge in [0.25, 0.3) is 0 Å². The van der Waals surface area contributed by atoms with Crippen LogP contribution < -0.4 is 5.32 Å². The minimum Gasteiger partial charge on any atom is -0.308 e. The van der Waals surface area contributed by atoms with Gasteiger partial charge in [-0.25, -0.2) is 0 Å². The standard InChI is InChI=1S/C15H20ClN3S/c1-3-9-17-13(4-2)15-19-18-14(20-15)10-11-5-7-12(16)8-6-11/h5-8,13,17H,3-4,9-10H2,1-2H3. The molecule has 5 heteroatoms. The predicted octanol–water partition coefficient (Wildman–Crippen LogP) is 4.23. The molecule has 20 heavy (non-hydrogen) atoms. The van der Waals surface area contributed by atoms with Gasteiger partial charge in [-0.2, -0.15) is 0 Å². The fraction of sp³-hybridized carbons (Fsp3) is 0.467. The normalized spacial score (nSPS) is 12.6. The molecule has 1 aromatic carbocycles. The summed E-state index contributed by atoms with van der Waals surface area (Å²) in [5.41, 5.74) is 1.21. The molecule has 1 N–H and O–H groups in total. The Kier molecular flexibility index (Phi) is 5.95. The zero-order chi connectivity index (χ0) is 14.4. The summed E-state index contributed by atoms with van der Waals surface area (Å²) in [6.45, 7) is 5.37. The average Bonchev–Trinajstić information content (AvgIpc) is 2.91. The monoisotopic (exact) mass is 309 g/mol. The second-order valence-electron chi connectivity index (χ2n) is 4.75. The lowest BCUT2D eigenvalue weighted by molar-refractivity contribution is 0.513. The Labute approximate surface area is 129 Å². The third kappa shape index (κ3) is 4.27. The molecule has 0 radical (unpaired) electrons. The summed E-state index contributed by atoms with van der Waals surface area (Å²) < 4.78 is 0. The summed E-state index contributed by atoms with van der Waals surface area (Å²) in [6, 6.07) is 8.23. The third-order valence-electron chi connectivity index (χ3n) is 3.10. The molecule has 0 spiro atoms. The van der Waals surface area contributed by atoms with Crippen LogP contribution in [0.5, 0.6) is 0 Å². The highest BCUT2D eigenvalue weighted by molar-refractivity contribution is 7.11. The first-order chi connectivity index (χ1) is 9.72. The molecule has 1 heterocycles. The van der Waals surface area contributed by atoms with Crippen molar-refractivity contribution in [3.8, 4) is 0 Å². The number of halogens is 1. The van der Waals surface area contributed by atoms with Gasteiger partial charge in [-0.1, -0.05) is 48.9 Å². The fourth-order valence-corrected chi connectivity index (χ4v) is 3.14. The van der Waals surface area contributed by atoms with E-state index in [1.54, 1.807) is 11.3 Å². The van der Waals surface area contributed by atoms with E-state index in [-0.39, 0.29) is 0 Å². The van der Waals surface area contributed by atoms with E-state index in [4.69, 9.17) is 11.6 Å². The van der Waals surface area contributed by atoms with E-state index in [2.05, 4.69) is 29.4 Å². The summed E-state index contributed by atoms with van der Waals surface area (Å²) in [7, 11) is 0. The topological polar surface area (TPSA) is 37.8 Å². The molecule has 2 aromatic rings. The Morgan fingerprint density at radius 2 is 1.95 bits per heavy atom. The Balaban J connectivity index is 2.02. The van der Waals surface area contributed by atoms with E-state index in [0.29, 0.717) is 6.04 Å². The van der Waals surface area contributed by atoms with Crippen molar-refractivity contribution in [2.45, 2.75) is 39.2 Å². The fourth-order valence-electron chi connectivity index (χ4n) is 1.98. The molecule has 0 aliphatic heterocycles. The van der Waals surface area contributed by atoms with Crippen molar-refractivity contribution < 1.29 is 0 Å². The Morgan fingerprint density at radius 1 is 1.20 bits per heavy atom. The maximum Gasteiger partial charge on any atom is 0.134 e. The molecule has 0 aliphatic carbocycles. The van der Waals surface area contributed by atoms with E-state index in [1.165, 1.54) is 5.56 Å². The summed E-state index contributed by atoms with van der Waals surface area (Å²) in [6.07, 6.45) is 2.99. The van der Waals surface area contributed by atoms with Crippen molar-refractivity contribution in [2.24, 2.45) is 0 Å². The zero-order valence-electron chi connectivity index (χ0n) is 11.9. The number of aromatic nitrogens is 2. The number of nitrogens with one attached hydrogen (secondary N) is 1. The van der Waals surface area contributed by atoms with E-state index in [9.17, 15) is 0 Å². The number of hydrogen-bond donors (Lipinski definition) is 1. The maximum atomic E-state index is 5.89. The van der Waals surface area contributed by atoms with Gasteiger partial charge >= 0.3 is 0 Å². The van der Waals surface area contributed by atoms with Crippen LogP contribution in [0.1, 0.15) is 48.3 Å². The van der Waals surface area contributed by atoms with Gasteiger partial charge in [0.2, 0.25) is 0 Å². The summed E-state index contributed by atoms with van der Waals surface area (Å²) in [5, 5.41) is 15.1. The lowest BCUT2D eigenvalue weighted by Gasteiger charge is -2.12. The molecule has 0 fully saturated rings. The van der Waals surface area contributed by atoms with Crippen LogP contribution in [0.4, 0.5) is 0 Å². The minimum absolute atomic E-state index is 0.325. The highest BCUT2D eigenvalue weighted by Gasteiger charge is 2.14. The lowest BCUT2D eigenvalue weighted by Crippen LogP contribution is -2.21. The third-order valence-corrected chi connectivity index (χ3v) is 4.39. The minimum atomic E-state index is 0.325. The molecular formula is C15H20ClN3S. The first-order valence-electron chi connectivity index (χ1n) is 7.03. The molecule has 3 nitrogen and oxygen atoms in total. The van der Waals surface area contributed by atoms with Crippen LogP contribution in [-0.4, -0.2) is 16.7 Å². The highest BCUT2D eigenvalue weighted by Crippen LogP contribution is 2.23. The predicted molar refractivity (Wildman–Crippen MR) is 85.5 cm³/mol. The van der Waals surface area contributed by atoms with Crippen LogP contribution in [0, 0.1) is 0 Å². The van der Waals surface area contributed by atoms with Crippen LogP contribution in [0.2, 0.25) is 5.02 Å². The summed E-state index contributed by atoms with van der Waals surface area (Å²) >= 11 is 7.59. The molecule has 108 valence electrons. The van der Waals surface area contributed by atoms with Crippen molar-refractivity contribution in [1.29, 1.82) is 0 Å². The van der Waals surface area contributed by atoms with Crippen LogP contribution in [0.15, 0.2) is 24.3 Å². The van der Waals surface area contributed by atoms with E-state index >= 15 is 0 Å². The number of nitrogens with zero attached hydrogens (tertiary/aromatic N) is 2. The molecule has 0 bridgehead atoms. The van der Waals surface area contributed by atoms with Gasteiger partial charge in [-0.3, -0.25) is 0 Å². The van der Waals surface area contributed by atoms with Gasteiger partial charge in [0.15, 0.2) is 0 Å². The van der Waals surface area contributed by atoms with Crippen molar-refractivity contribution in [3.63, 3.8) is 0 Å². The molecule has 0 aliphatic rings. The molecule has 1 atom stereocenters. The van der Waals surface area contributed by atoms with Crippen molar-refractivity contribution in [2.75, 3.05) is 6.54 Å². The Hall–Kier alpha value is -0.970. The van der Waals surface area contributed by atoms with Crippen molar-refractivity contribution in [1.82, 2.24) is 15.5 Å². The molecular weight excluding hydrogens is 290 g/mol. The smallest absolute Gasteiger partial charge is 0.134 e. The van der Waals surface area contributed by atoms with Crippen molar-refractivity contribution in [3.05, 3.63) is 44.9 Å². The van der Waals surface area contributed by atoms with Gasteiger partial charge < -0.3 is 5.32 Å². The zero-order valence-corrected chi connectivity index (χ0v) is 13.5.